The SMILES string of the molecule is CCOCCC(N)c1cccnc1N. The van der Waals surface area contributed by atoms with Crippen LogP contribution in [0.2, 0.25) is 0 Å². The lowest BCUT2D eigenvalue weighted by Crippen LogP contribution is -2.15. The highest BCUT2D eigenvalue weighted by Crippen LogP contribution is 2.18. The van der Waals surface area contributed by atoms with Gasteiger partial charge in [0.1, 0.15) is 5.82 Å². The molecule has 0 aliphatic carbocycles. The van der Waals surface area contributed by atoms with Crippen LogP contribution in [0.15, 0.2) is 18.3 Å². The Morgan fingerprint density at radius 1 is 1.57 bits per heavy atom. The Morgan fingerprint density at radius 2 is 2.36 bits per heavy atom. The van der Waals surface area contributed by atoms with Gasteiger partial charge in [-0.15, -0.1) is 0 Å². The summed E-state index contributed by atoms with van der Waals surface area (Å²) in [6, 6.07) is 3.65. The number of anilines is 1. The second kappa shape index (κ2) is 5.57. The molecule has 4 heteroatoms. The van der Waals surface area contributed by atoms with Gasteiger partial charge >= 0.3 is 0 Å². The fourth-order valence-corrected chi connectivity index (χ4v) is 1.25. The molecule has 1 unspecified atom stereocenters. The molecule has 0 bridgehead atoms. The third-order valence-electron chi connectivity index (χ3n) is 2.05. The highest BCUT2D eigenvalue weighted by atomic mass is 16.5. The number of aromatic nitrogens is 1. The van der Waals surface area contributed by atoms with Gasteiger partial charge in [0.05, 0.1) is 0 Å². The largest absolute Gasteiger partial charge is 0.383 e. The summed E-state index contributed by atoms with van der Waals surface area (Å²) in [4.78, 5) is 3.99. The van der Waals surface area contributed by atoms with Gasteiger partial charge in [0.2, 0.25) is 0 Å². The van der Waals surface area contributed by atoms with E-state index in [0.717, 1.165) is 18.6 Å². The van der Waals surface area contributed by atoms with E-state index in [1.165, 1.54) is 0 Å². The lowest BCUT2D eigenvalue weighted by Gasteiger charge is -2.12. The van der Waals surface area contributed by atoms with Gasteiger partial charge in [-0.25, -0.2) is 4.98 Å². The molecule has 1 aromatic rings. The molecule has 1 atom stereocenters. The van der Waals surface area contributed by atoms with Crippen LogP contribution in [0, 0.1) is 0 Å². The minimum Gasteiger partial charge on any atom is -0.383 e. The van der Waals surface area contributed by atoms with Crippen LogP contribution in [0.1, 0.15) is 24.9 Å². The summed E-state index contributed by atoms with van der Waals surface area (Å²) in [7, 11) is 0. The maximum absolute atomic E-state index is 5.94. The number of rotatable bonds is 5. The molecule has 0 aliphatic heterocycles. The molecule has 78 valence electrons. The Morgan fingerprint density at radius 3 is 3.00 bits per heavy atom. The molecule has 1 heterocycles. The molecule has 0 saturated carbocycles. The second-order valence-corrected chi connectivity index (χ2v) is 3.07. The summed E-state index contributed by atoms with van der Waals surface area (Å²) in [6.45, 7) is 3.34. The average Bonchev–Trinajstić information content (AvgIpc) is 2.18. The Balaban J connectivity index is 2.51. The Kier molecular flexibility index (Phi) is 4.35. The molecular formula is C10H17N3O. The summed E-state index contributed by atoms with van der Waals surface area (Å²) in [5, 5.41) is 0. The number of pyridine rings is 1. The predicted octanol–water partition coefficient (Wildman–Crippen LogP) is 1.09. The summed E-state index contributed by atoms with van der Waals surface area (Å²) in [5.74, 6) is 0.511. The first-order valence-corrected chi connectivity index (χ1v) is 4.79. The molecule has 0 aromatic carbocycles. The van der Waals surface area contributed by atoms with Crippen molar-refractivity contribution in [1.82, 2.24) is 4.98 Å². The lowest BCUT2D eigenvalue weighted by atomic mass is 10.1. The molecular weight excluding hydrogens is 178 g/mol. The zero-order chi connectivity index (χ0) is 10.4. The predicted molar refractivity (Wildman–Crippen MR) is 56.7 cm³/mol. The summed E-state index contributed by atoms with van der Waals surface area (Å²) < 4.78 is 5.22. The van der Waals surface area contributed by atoms with Crippen molar-refractivity contribution < 1.29 is 4.74 Å². The second-order valence-electron chi connectivity index (χ2n) is 3.07. The van der Waals surface area contributed by atoms with Crippen molar-refractivity contribution in [1.29, 1.82) is 0 Å². The summed E-state index contributed by atoms with van der Waals surface area (Å²) in [6.07, 6.45) is 2.43. The zero-order valence-electron chi connectivity index (χ0n) is 8.44. The summed E-state index contributed by atoms with van der Waals surface area (Å²) in [5.41, 5.74) is 12.5. The van der Waals surface area contributed by atoms with Crippen molar-refractivity contribution in [2.24, 2.45) is 5.73 Å². The standard InChI is InChI=1S/C10H17N3O/c1-2-14-7-5-9(11)8-4-3-6-13-10(8)12/h3-4,6,9H,2,5,7,11H2,1H3,(H2,12,13). The van der Waals surface area contributed by atoms with Crippen LogP contribution in [0.4, 0.5) is 5.82 Å². The van der Waals surface area contributed by atoms with Crippen molar-refractivity contribution in [3.8, 4) is 0 Å². The smallest absolute Gasteiger partial charge is 0.128 e. The van der Waals surface area contributed by atoms with Crippen LogP contribution >= 0.6 is 0 Å². The third-order valence-corrected chi connectivity index (χ3v) is 2.05. The van der Waals surface area contributed by atoms with E-state index in [0.29, 0.717) is 12.4 Å². The van der Waals surface area contributed by atoms with E-state index in [1.807, 2.05) is 19.1 Å². The molecule has 0 fully saturated rings. The molecule has 0 spiro atoms. The molecule has 4 nitrogen and oxygen atoms in total. The highest BCUT2D eigenvalue weighted by Gasteiger charge is 2.09. The molecule has 0 radical (unpaired) electrons. The minimum atomic E-state index is -0.0877. The van der Waals surface area contributed by atoms with Crippen LogP contribution in [0.25, 0.3) is 0 Å². The number of hydrogen-bond donors (Lipinski definition) is 2. The number of hydrogen-bond acceptors (Lipinski definition) is 4. The van der Waals surface area contributed by atoms with Crippen LogP contribution < -0.4 is 11.5 Å². The first kappa shape index (κ1) is 10.9. The molecule has 4 N–H and O–H groups in total. The Hall–Kier alpha value is -1.13. The van der Waals surface area contributed by atoms with Crippen molar-refractivity contribution in [2.75, 3.05) is 18.9 Å². The topological polar surface area (TPSA) is 74.2 Å². The minimum absolute atomic E-state index is 0.0877. The van der Waals surface area contributed by atoms with Gasteiger partial charge in [0.15, 0.2) is 0 Å². The monoisotopic (exact) mass is 195 g/mol. The van der Waals surface area contributed by atoms with Crippen molar-refractivity contribution in [3.63, 3.8) is 0 Å². The molecule has 14 heavy (non-hydrogen) atoms. The normalized spacial score (nSPS) is 12.7. The van der Waals surface area contributed by atoms with Gasteiger partial charge in [-0.2, -0.15) is 0 Å². The van der Waals surface area contributed by atoms with Gasteiger partial charge in [-0.1, -0.05) is 6.07 Å². The first-order chi connectivity index (χ1) is 6.75. The lowest BCUT2D eigenvalue weighted by molar-refractivity contribution is 0.140. The Labute approximate surface area is 84.3 Å². The number of nitrogens with two attached hydrogens (primary N) is 2. The van der Waals surface area contributed by atoms with Crippen molar-refractivity contribution >= 4 is 5.82 Å². The first-order valence-electron chi connectivity index (χ1n) is 4.79. The fraction of sp³-hybridized carbons (Fsp3) is 0.500. The van der Waals surface area contributed by atoms with Crippen LogP contribution in [0.3, 0.4) is 0 Å². The molecule has 0 saturated heterocycles. The van der Waals surface area contributed by atoms with Gasteiger partial charge in [-0.05, 0) is 19.4 Å². The molecule has 0 amide bonds. The maximum atomic E-state index is 5.94. The van der Waals surface area contributed by atoms with E-state index in [1.54, 1.807) is 6.20 Å². The van der Waals surface area contributed by atoms with Gasteiger partial charge in [0.25, 0.3) is 0 Å². The van der Waals surface area contributed by atoms with E-state index in [4.69, 9.17) is 16.2 Å². The van der Waals surface area contributed by atoms with Crippen LogP contribution in [-0.2, 0) is 4.74 Å². The van der Waals surface area contributed by atoms with Gasteiger partial charge in [-0.3, -0.25) is 0 Å². The van der Waals surface area contributed by atoms with E-state index in [2.05, 4.69) is 4.98 Å². The highest BCUT2D eigenvalue weighted by molar-refractivity contribution is 5.40. The fourth-order valence-electron chi connectivity index (χ4n) is 1.25. The van der Waals surface area contributed by atoms with Crippen molar-refractivity contribution in [3.05, 3.63) is 23.9 Å². The van der Waals surface area contributed by atoms with E-state index >= 15 is 0 Å². The van der Waals surface area contributed by atoms with E-state index < -0.39 is 0 Å². The average molecular weight is 195 g/mol. The van der Waals surface area contributed by atoms with Gasteiger partial charge < -0.3 is 16.2 Å². The van der Waals surface area contributed by atoms with E-state index in [9.17, 15) is 0 Å². The molecule has 0 aliphatic rings. The van der Waals surface area contributed by atoms with E-state index in [-0.39, 0.29) is 6.04 Å². The molecule has 1 aromatic heterocycles. The van der Waals surface area contributed by atoms with Crippen LogP contribution in [-0.4, -0.2) is 18.2 Å². The van der Waals surface area contributed by atoms with Crippen LogP contribution in [0.5, 0.6) is 0 Å². The molecule has 1 rings (SSSR count). The quantitative estimate of drug-likeness (QED) is 0.690. The third kappa shape index (κ3) is 2.97. The van der Waals surface area contributed by atoms with Crippen molar-refractivity contribution in [2.45, 2.75) is 19.4 Å². The Bertz CT molecular complexity index is 278. The number of nitrogen functional groups attached to an aromatic ring is 1. The zero-order valence-corrected chi connectivity index (χ0v) is 8.44. The van der Waals surface area contributed by atoms with Gasteiger partial charge in [0, 0.05) is 31.0 Å². The number of ether oxygens (including phenoxy) is 1. The summed E-state index contributed by atoms with van der Waals surface area (Å²) >= 11 is 0. The number of nitrogens with zero attached hydrogens (tertiary/aromatic N) is 1. The maximum Gasteiger partial charge on any atom is 0.128 e.